The summed E-state index contributed by atoms with van der Waals surface area (Å²) in [6.45, 7) is 2.15. The van der Waals surface area contributed by atoms with Crippen LogP contribution in [-0.4, -0.2) is 22.0 Å². The van der Waals surface area contributed by atoms with E-state index in [1.807, 2.05) is 37.5 Å². The van der Waals surface area contributed by atoms with Gasteiger partial charge in [-0.1, -0.05) is 37.6 Å². The van der Waals surface area contributed by atoms with Crippen LogP contribution in [0.25, 0.3) is 22.3 Å². The molecule has 1 N–H and O–H groups in total. The highest BCUT2D eigenvalue weighted by molar-refractivity contribution is 5.92. The zero-order valence-electron chi connectivity index (χ0n) is 12.3. The van der Waals surface area contributed by atoms with Gasteiger partial charge in [-0.05, 0) is 17.9 Å². The van der Waals surface area contributed by atoms with Crippen LogP contribution in [0.1, 0.15) is 19.0 Å². The van der Waals surface area contributed by atoms with Crippen molar-refractivity contribution in [3.63, 3.8) is 0 Å². The highest BCUT2D eigenvalue weighted by Crippen LogP contribution is 2.25. The Bertz CT molecular complexity index is 762. The van der Waals surface area contributed by atoms with Crippen molar-refractivity contribution in [2.24, 2.45) is 0 Å². The van der Waals surface area contributed by atoms with E-state index < -0.39 is 0 Å². The number of nitrogens with one attached hydrogen (secondary N) is 1. The molecule has 4 heteroatoms. The largest absolute Gasteiger partial charge is 0.373 e. The van der Waals surface area contributed by atoms with Crippen LogP contribution in [0.15, 0.2) is 42.6 Å². The highest BCUT2D eigenvalue weighted by Gasteiger charge is 2.10. The van der Waals surface area contributed by atoms with Gasteiger partial charge >= 0.3 is 0 Å². The van der Waals surface area contributed by atoms with Crippen molar-refractivity contribution < 1.29 is 0 Å². The Morgan fingerprint density at radius 3 is 2.76 bits per heavy atom. The molecule has 0 saturated carbocycles. The van der Waals surface area contributed by atoms with Crippen LogP contribution in [0.4, 0.5) is 5.82 Å². The number of nitrogens with zero attached hydrogens (tertiary/aromatic N) is 3. The molecule has 3 aromatic rings. The Hall–Kier alpha value is -2.49. The van der Waals surface area contributed by atoms with Gasteiger partial charge in [0.1, 0.15) is 11.5 Å². The molecule has 0 bridgehead atoms. The smallest absolute Gasteiger partial charge is 0.181 e. The van der Waals surface area contributed by atoms with Crippen LogP contribution in [-0.2, 0) is 6.42 Å². The van der Waals surface area contributed by atoms with E-state index in [1.165, 1.54) is 0 Å². The minimum absolute atomic E-state index is 0.683. The Balaban J connectivity index is 2.20. The summed E-state index contributed by atoms with van der Waals surface area (Å²) >= 11 is 0. The van der Waals surface area contributed by atoms with Gasteiger partial charge < -0.3 is 5.32 Å². The summed E-state index contributed by atoms with van der Waals surface area (Å²) in [5.74, 6) is 1.51. The van der Waals surface area contributed by atoms with Crippen molar-refractivity contribution in [1.29, 1.82) is 0 Å². The average molecular weight is 278 g/mol. The van der Waals surface area contributed by atoms with Crippen molar-refractivity contribution >= 4 is 16.6 Å². The van der Waals surface area contributed by atoms with E-state index in [-0.39, 0.29) is 0 Å². The first-order valence-electron chi connectivity index (χ1n) is 7.21. The van der Waals surface area contributed by atoms with Crippen molar-refractivity contribution in [2.45, 2.75) is 19.8 Å². The van der Waals surface area contributed by atoms with E-state index >= 15 is 0 Å². The Labute approximate surface area is 124 Å². The third-order valence-corrected chi connectivity index (χ3v) is 3.43. The summed E-state index contributed by atoms with van der Waals surface area (Å²) in [5.41, 5.74) is 1.88. The monoisotopic (exact) mass is 278 g/mol. The molecule has 0 aliphatic carbocycles. The van der Waals surface area contributed by atoms with Crippen molar-refractivity contribution in [1.82, 2.24) is 15.0 Å². The van der Waals surface area contributed by atoms with Gasteiger partial charge in [-0.15, -0.1) is 0 Å². The minimum atomic E-state index is 0.683. The van der Waals surface area contributed by atoms with E-state index in [9.17, 15) is 0 Å². The molecule has 21 heavy (non-hydrogen) atoms. The van der Waals surface area contributed by atoms with Gasteiger partial charge in [-0.3, -0.25) is 4.98 Å². The van der Waals surface area contributed by atoms with Crippen molar-refractivity contribution in [3.8, 4) is 11.5 Å². The topological polar surface area (TPSA) is 50.7 Å². The van der Waals surface area contributed by atoms with E-state index in [4.69, 9.17) is 0 Å². The number of fused-ring (bicyclic) bond motifs is 1. The lowest BCUT2D eigenvalue weighted by atomic mass is 10.1. The van der Waals surface area contributed by atoms with Gasteiger partial charge in [0.05, 0.1) is 0 Å². The summed E-state index contributed by atoms with van der Waals surface area (Å²) in [4.78, 5) is 13.7. The molecule has 0 radical (unpaired) electrons. The molecule has 0 spiro atoms. The van der Waals surface area contributed by atoms with Gasteiger partial charge in [0.2, 0.25) is 0 Å². The number of anilines is 1. The van der Waals surface area contributed by atoms with Crippen LogP contribution >= 0.6 is 0 Å². The third kappa shape index (κ3) is 2.70. The second kappa shape index (κ2) is 5.87. The molecule has 3 rings (SSSR count). The molecule has 0 atom stereocenters. The lowest BCUT2D eigenvalue weighted by Crippen LogP contribution is -2.02. The molecule has 0 aliphatic heterocycles. The van der Waals surface area contributed by atoms with Gasteiger partial charge in [0, 0.05) is 30.4 Å². The fraction of sp³-hybridized carbons (Fsp3) is 0.235. The third-order valence-electron chi connectivity index (χ3n) is 3.43. The number of hydrogen-bond donors (Lipinski definition) is 1. The summed E-state index contributed by atoms with van der Waals surface area (Å²) in [7, 11) is 1.87. The number of benzene rings is 1. The van der Waals surface area contributed by atoms with Crippen molar-refractivity contribution in [3.05, 3.63) is 48.3 Å². The lowest BCUT2D eigenvalue weighted by Gasteiger charge is -2.09. The molecule has 0 amide bonds. The standard InChI is InChI=1S/C17H18N4/c1-3-6-13-11-15(18-2)21-17(20-13)16-14-8-5-4-7-12(14)9-10-19-16/h4-5,7-11H,3,6H2,1-2H3,(H,18,20,21). The maximum absolute atomic E-state index is 4.68. The second-order valence-electron chi connectivity index (χ2n) is 4.95. The van der Waals surface area contributed by atoms with Crippen molar-refractivity contribution in [2.75, 3.05) is 12.4 Å². The van der Waals surface area contributed by atoms with Crippen LogP contribution < -0.4 is 5.32 Å². The minimum Gasteiger partial charge on any atom is -0.373 e. The van der Waals surface area contributed by atoms with Gasteiger partial charge in [0.15, 0.2) is 5.82 Å². The number of hydrogen-bond acceptors (Lipinski definition) is 4. The van der Waals surface area contributed by atoms with Gasteiger partial charge in [0.25, 0.3) is 0 Å². The number of aryl methyl sites for hydroxylation is 1. The van der Waals surface area contributed by atoms with Gasteiger partial charge in [-0.25, -0.2) is 9.97 Å². The summed E-state index contributed by atoms with van der Waals surface area (Å²) in [6.07, 6.45) is 3.81. The molecule has 0 fully saturated rings. The molecule has 2 aromatic heterocycles. The fourth-order valence-electron chi connectivity index (χ4n) is 2.41. The quantitative estimate of drug-likeness (QED) is 0.791. The van der Waals surface area contributed by atoms with E-state index in [0.717, 1.165) is 40.8 Å². The van der Waals surface area contributed by atoms with E-state index in [1.54, 1.807) is 0 Å². The summed E-state index contributed by atoms with van der Waals surface area (Å²) in [6, 6.07) is 12.2. The van der Waals surface area contributed by atoms with Gasteiger partial charge in [-0.2, -0.15) is 0 Å². The first-order valence-corrected chi connectivity index (χ1v) is 7.21. The highest BCUT2D eigenvalue weighted by atomic mass is 15.0. The maximum Gasteiger partial charge on any atom is 0.181 e. The molecule has 2 heterocycles. The molecular weight excluding hydrogens is 260 g/mol. The molecular formula is C17H18N4. The Morgan fingerprint density at radius 1 is 1.10 bits per heavy atom. The fourth-order valence-corrected chi connectivity index (χ4v) is 2.41. The number of rotatable bonds is 4. The number of pyridine rings is 1. The Kier molecular flexibility index (Phi) is 3.77. The summed E-state index contributed by atoms with van der Waals surface area (Å²) < 4.78 is 0. The molecule has 4 nitrogen and oxygen atoms in total. The molecule has 1 aromatic carbocycles. The average Bonchev–Trinajstić information content (AvgIpc) is 2.54. The van der Waals surface area contributed by atoms with Crippen LogP contribution in [0, 0.1) is 0 Å². The maximum atomic E-state index is 4.68. The molecule has 0 saturated heterocycles. The second-order valence-corrected chi connectivity index (χ2v) is 4.95. The lowest BCUT2D eigenvalue weighted by molar-refractivity contribution is 0.875. The zero-order chi connectivity index (χ0) is 14.7. The number of aromatic nitrogens is 3. The molecule has 0 unspecified atom stereocenters. The Morgan fingerprint density at radius 2 is 1.95 bits per heavy atom. The SMILES string of the molecule is CCCc1cc(NC)nc(-c2nccc3ccccc23)n1. The first kappa shape index (κ1) is 13.5. The van der Waals surface area contributed by atoms with E-state index in [0.29, 0.717) is 5.82 Å². The van der Waals surface area contributed by atoms with Crippen LogP contribution in [0.3, 0.4) is 0 Å². The normalized spacial score (nSPS) is 10.8. The van der Waals surface area contributed by atoms with E-state index in [2.05, 4.69) is 39.3 Å². The predicted octanol–water partition coefficient (Wildman–Crippen LogP) is 3.69. The van der Waals surface area contributed by atoms with Crippen LogP contribution in [0.5, 0.6) is 0 Å². The molecule has 0 aliphatic rings. The summed E-state index contributed by atoms with van der Waals surface area (Å²) in [5, 5.41) is 5.34. The molecule has 106 valence electrons. The van der Waals surface area contributed by atoms with Crippen LogP contribution in [0.2, 0.25) is 0 Å². The predicted molar refractivity (Wildman–Crippen MR) is 86.3 cm³/mol. The zero-order valence-corrected chi connectivity index (χ0v) is 12.3. The first-order chi connectivity index (χ1) is 10.3.